The van der Waals surface area contributed by atoms with E-state index in [1.54, 1.807) is 6.92 Å². The number of rotatable bonds is 8. The summed E-state index contributed by atoms with van der Waals surface area (Å²) in [5.74, 6) is 1.03. The molecule has 1 atom stereocenters. The molecule has 0 aromatic heterocycles. The third kappa shape index (κ3) is 4.45. The average Bonchev–Trinajstić information content (AvgIpc) is 2.87. The zero-order chi connectivity index (χ0) is 15.3. The van der Waals surface area contributed by atoms with Gasteiger partial charge < -0.3 is 10.1 Å². The first kappa shape index (κ1) is 16.3. The molecule has 118 valence electrons. The molecule has 0 spiro atoms. The Morgan fingerprint density at radius 1 is 1.33 bits per heavy atom. The second-order valence-corrected chi connectivity index (χ2v) is 7.96. The van der Waals surface area contributed by atoms with Crippen LogP contribution in [0.3, 0.4) is 0 Å². The van der Waals surface area contributed by atoms with Gasteiger partial charge >= 0.3 is 0 Å². The Balaban J connectivity index is 1.93. The number of sulfone groups is 1. The summed E-state index contributed by atoms with van der Waals surface area (Å²) < 4.78 is 28.4. The molecular formula is C16H25NO3S. The summed E-state index contributed by atoms with van der Waals surface area (Å²) in [5, 5.41) is 3.56. The highest BCUT2D eigenvalue weighted by Crippen LogP contribution is 2.33. The van der Waals surface area contributed by atoms with Crippen LogP contribution in [0.2, 0.25) is 0 Å². The van der Waals surface area contributed by atoms with Gasteiger partial charge in [-0.15, -0.1) is 0 Å². The van der Waals surface area contributed by atoms with E-state index in [0.29, 0.717) is 6.04 Å². The van der Waals surface area contributed by atoms with Crippen molar-refractivity contribution in [1.29, 1.82) is 0 Å². The van der Waals surface area contributed by atoms with Crippen molar-refractivity contribution in [3.63, 3.8) is 0 Å². The Morgan fingerprint density at radius 3 is 2.86 bits per heavy atom. The van der Waals surface area contributed by atoms with Crippen LogP contribution in [0.1, 0.15) is 43.9 Å². The molecule has 1 aromatic carbocycles. The zero-order valence-corrected chi connectivity index (χ0v) is 13.7. The molecule has 1 aliphatic carbocycles. The Morgan fingerprint density at radius 2 is 2.14 bits per heavy atom. The lowest BCUT2D eigenvalue weighted by Gasteiger charge is -2.14. The minimum Gasteiger partial charge on any atom is -0.493 e. The lowest BCUT2D eigenvalue weighted by Crippen LogP contribution is -2.19. The minimum atomic E-state index is -2.96. The van der Waals surface area contributed by atoms with Gasteiger partial charge in [-0.05, 0) is 49.1 Å². The fourth-order valence-corrected chi connectivity index (χ4v) is 3.27. The van der Waals surface area contributed by atoms with Gasteiger partial charge in [-0.2, -0.15) is 0 Å². The van der Waals surface area contributed by atoms with Crippen molar-refractivity contribution in [3.8, 4) is 5.75 Å². The van der Waals surface area contributed by atoms with E-state index in [9.17, 15) is 8.42 Å². The summed E-state index contributed by atoms with van der Waals surface area (Å²) >= 11 is 0. The van der Waals surface area contributed by atoms with E-state index in [1.807, 2.05) is 6.07 Å². The Labute approximate surface area is 127 Å². The summed E-state index contributed by atoms with van der Waals surface area (Å²) in [6, 6.07) is 6.57. The molecule has 0 bridgehead atoms. The fourth-order valence-electron chi connectivity index (χ4n) is 2.65. The standard InChI is InChI=1S/C16H25NO3S/c1-3-9-17-16-8-5-13-12-14(6-7-15(13)16)20-10-11-21(18,19)4-2/h6-7,12,16-17H,3-5,8-11H2,1-2H3. The van der Waals surface area contributed by atoms with E-state index in [4.69, 9.17) is 4.74 Å². The van der Waals surface area contributed by atoms with E-state index >= 15 is 0 Å². The SMILES string of the molecule is CCCNC1CCc2cc(OCCS(=O)(=O)CC)ccc21. The predicted molar refractivity (Wildman–Crippen MR) is 85.6 cm³/mol. The maximum Gasteiger partial charge on any atom is 0.153 e. The molecule has 2 rings (SSSR count). The van der Waals surface area contributed by atoms with Crippen molar-refractivity contribution < 1.29 is 13.2 Å². The molecule has 0 amide bonds. The van der Waals surface area contributed by atoms with Crippen molar-refractivity contribution in [2.45, 2.75) is 39.2 Å². The molecule has 21 heavy (non-hydrogen) atoms. The molecule has 0 heterocycles. The van der Waals surface area contributed by atoms with Crippen molar-refractivity contribution >= 4 is 9.84 Å². The molecule has 1 aromatic rings. The van der Waals surface area contributed by atoms with Gasteiger partial charge in [0.15, 0.2) is 9.84 Å². The van der Waals surface area contributed by atoms with Gasteiger partial charge in [-0.3, -0.25) is 0 Å². The maximum absolute atomic E-state index is 11.4. The van der Waals surface area contributed by atoms with E-state index in [-0.39, 0.29) is 18.1 Å². The highest BCUT2D eigenvalue weighted by Gasteiger charge is 2.22. The summed E-state index contributed by atoms with van der Waals surface area (Å²) in [7, 11) is -2.96. The van der Waals surface area contributed by atoms with Gasteiger partial charge in [-0.1, -0.05) is 19.9 Å². The number of ether oxygens (including phenoxy) is 1. The number of nitrogens with one attached hydrogen (secondary N) is 1. The van der Waals surface area contributed by atoms with Crippen LogP contribution in [0.5, 0.6) is 5.75 Å². The number of fused-ring (bicyclic) bond motifs is 1. The first-order valence-corrected chi connectivity index (χ1v) is 9.57. The summed E-state index contributed by atoms with van der Waals surface area (Å²) in [6.45, 7) is 5.10. The smallest absolute Gasteiger partial charge is 0.153 e. The third-order valence-electron chi connectivity index (χ3n) is 3.94. The Kier molecular flexibility index (Phi) is 5.65. The molecule has 0 fully saturated rings. The highest BCUT2D eigenvalue weighted by molar-refractivity contribution is 7.91. The number of hydrogen-bond acceptors (Lipinski definition) is 4. The van der Waals surface area contributed by atoms with Crippen molar-refractivity contribution in [2.24, 2.45) is 0 Å². The largest absolute Gasteiger partial charge is 0.493 e. The third-order valence-corrected chi connectivity index (χ3v) is 5.60. The van der Waals surface area contributed by atoms with Gasteiger partial charge in [0.25, 0.3) is 0 Å². The van der Waals surface area contributed by atoms with Crippen molar-refractivity contribution in [1.82, 2.24) is 5.32 Å². The van der Waals surface area contributed by atoms with E-state index in [1.165, 1.54) is 11.1 Å². The molecule has 1 aliphatic rings. The lowest BCUT2D eigenvalue weighted by atomic mass is 10.1. The van der Waals surface area contributed by atoms with Crippen LogP contribution < -0.4 is 10.1 Å². The molecule has 1 N–H and O–H groups in total. The molecule has 0 aliphatic heterocycles. The zero-order valence-electron chi connectivity index (χ0n) is 12.9. The molecule has 5 heteroatoms. The lowest BCUT2D eigenvalue weighted by molar-refractivity contribution is 0.340. The van der Waals surface area contributed by atoms with Gasteiger partial charge in [0.2, 0.25) is 0 Å². The monoisotopic (exact) mass is 311 g/mol. The van der Waals surface area contributed by atoms with E-state index < -0.39 is 9.84 Å². The minimum absolute atomic E-state index is 0.0846. The predicted octanol–water partition coefficient (Wildman–Crippen LogP) is 2.49. The normalized spacial score (nSPS) is 17.7. The van der Waals surface area contributed by atoms with Gasteiger partial charge in [0.1, 0.15) is 12.4 Å². The molecule has 4 nitrogen and oxygen atoms in total. The van der Waals surface area contributed by atoms with Crippen LogP contribution >= 0.6 is 0 Å². The van der Waals surface area contributed by atoms with Crippen LogP contribution in [0.4, 0.5) is 0 Å². The maximum atomic E-state index is 11.4. The van der Waals surface area contributed by atoms with Crippen molar-refractivity contribution in [2.75, 3.05) is 24.7 Å². The van der Waals surface area contributed by atoms with Gasteiger partial charge in [0.05, 0.1) is 5.75 Å². The second-order valence-electron chi connectivity index (χ2n) is 5.49. The van der Waals surface area contributed by atoms with Gasteiger partial charge in [-0.25, -0.2) is 8.42 Å². The molecule has 1 unspecified atom stereocenters. The fraction of sp³-hybridized carbons (Fsp3) is 0.625. The van der Waals surface area contributed by atoms with Crippen LogP contribution in [-0.4, -0.2) is 33.1 Å². The number of aryl methyl sites for hydroxylation is 1. The van der Waals surface area contributed by atoms with Crippen LogP contribution in [-0.2, 0) is 16.3 Å². The first-order valence-electron chi connectivity index (χ1n) is 7.75. The highest BCUT2D eigenvalue weighted by atomic mass is 32.2. The number of benzene rings is 1. The second kappa shape index (κ2) is 7.27. The molecule has 0 radical (unpaired) electrons. The van der Waals surface area contributed by atoms with E-state index in [2.05, 4.69) is 24.4 Å². The number of hydrogen-bond donors (Lipinski definition) is 1. The first-order chi connectivity index (χ1) is 10.1. The molecular weight excluding hydrogens is 286 g/mol. The molecule has 0 saturated carbocycles. The Hall–Kier alpha value is -1.07. The topological polar surface area (TPSA) is 55.4 Å². The average molecular weight is 311 g/mol. The van der Waals surface area contributed by atoms with Gasteiger partial charge in [0, 0.05) is 11.8 Å². The van der Waals surface area contributed by atoms with Crippen molar-refractivity contribution in [3.05, 3.63) is 29.3 Å². The van der Waals surface area contributed by atoms with Crippen LogP contribution in [0.15, 0.2) is 18.2 Å². The summed E-state index contributed by atoms with van der Waals surface area (Å²) in [6.07, 6.45) is 3.32. The van der Waals surface area contributed by atoms with Crippen LogP contribution in [0, 0.1) is 0 Å². The van der Waals surface area contributed by atoms with E-state index in [0.717, 1.165) is 31.6 Å². The summed E-state index contributed by atoms with van der Waals surface area (Å²) in [4.78, 5) is 0. The molecule has 0 saturated heterocycles. The van der Waals surface area contributed by atoms with Crippen LogP contribution in [0.25, 0.3) is 0 Å². The Bertz CT molecular complexity index is 569. The quantitative estimate of drug-likeness (QED) is 0.801. The summed E-state index contributed by atoms with van der Waals surface area (Å²) in [5.41, 5.74) is 2.68.